The second-order valence-electron chi connectivity index (χ2n) is 5.90. The van der Waals surface area contributed by atoms with E-state index in [9.17, 15) is 4.79 Å². The number of tetrazole rings is 1. The third-order valence-electron chi connectivity index (χ3n) is 3.85. The summed E-state index contributed by atoms with van der Waals surface area (Å²) in [4.78, 5) is 13.4. The molecule has 0 saturated carbocycles. The van der Waals surface area contributed by atoms with Crippen molar-refractivity contribution < 1.29 is 9.53 Å². The average molecular weight is 336 g/mol. The third kappa shape index (κ3) is 4.50. The first kappa shape index (κ1) is 16.8. The Bertz CT molecular complexity index is 839. The van der Waals surface area contributed by atoms with E-state index in [0.29, 0.717) is 18.0 Å². The molecule has 1 heterocycles. The molecule has 3 aromatic rings. The van der Waals surface area contributed by atoms with E-state index in [1.54, 1.807) is 19.2 Å². The summed E-state index contributed by atoms with van der Waals surface area (Å²) >= 11 is 0. The highest BCUT2D eigenvalue weighted by Gasteiger charge is 2.07. The molecule has 0 saturated heterocycles. The number of hydrogen-bond acceptors (Lipinski definition) is 5. The van der Waals surface area contributed by atoms with Gasteiger partial charge < -0.3 is 4.74 Å². The van der Waals surface area contributed by atoms with Gasteiger partial charge in [0, 0.05) is 5.56 Å². The number of carbonyl (C=O) groups is 1. The predicted molar refractivity (Wildman–Crippen MR) is 94.0 cm³/mol. The van der Waals surface area contributed by atoms with Crippen molar-refractivity contribution in [2.45, 2.75) is 19.8 Å². The van der Waals surface area contributed by atoms with E-state index in [0.717, 1.165) is 24.0 Å². The van der Waals surface area contributed by atoms with Gasteiger partial charge in [-0.1, -0.05) is 42.0 Å². The number of carbonyl (C=O) groups excluding carboxylic acids is 1. The Hall–Kier alpha value is -3.02. The lowest BCUT2D eigenvalue weighted by Gasteiger charge is -2.06. The molecule has 3 rings (SSSR count). The summed E-state index contributed by atoms with van der Waals surface area (Å²) in [7, 11) is 1.74. The highest BCUT2D eigenvalue weighted by molar-refractivity contribution is 5.89. The fourth-order valence-electron chi connectivity index (χ4n) is 2.43. The minimum absolute atomic E-state index is 0.274. The minimum Gasteiger partial charge on any atom is -0.462 e. The van der Waals surface area contributed by atoms with Gasteiger partial charge in [0.2, 0.25) is 5.82 Å². The lowest BCUT2D eigenvalue weighted by Crippen LogP contribution is -2.07. The van der Waals surface area contributed by atoms with Gasteiger partial charge in [0.25, 0.3) is 0 Å². The molecule has 0 aliphatic rings. The molecule has 0 N–H and O–H groups in total. The van der Waals surface area contributed by atoms with Gasteiger partial charge in [-0.15, -0.1) is 10.2 Å². The molecule has 0 bridgehead atoms. The summed E-state index contributed by atoms with van der Waals surface area (Å²) in [6.45, 7) is 2.39. The van der Waals surface area contributed by atoms with Crippen LogP contribution >= 0.6 is 0 Å². The molecule has 6 heteroatoms. The maximum Gasteiger partial charge on any atom is 0.338 e. The second-order valence-corrected chi connectivity index (χ2v) is 5.90. The van der Waals surface area contributed by atoms with E-state index in [1.165, 1.54) is 10.4 Å². The number of esters is 1. The van der Waals surface area contributed by atoms with Gasteiger partial charge in [-0.2, -0.15) is 4.80 Å². The average Bonchev–Trinajstić information content (AvgIpc) is 3.06. The van der Waals surface area contributed by atoms with Crippen molar-refractivity contribution in [1.82, 2.24) is 20.2 Å². The summed E-state index contributed by atoms with van der Waals surface area (Å²) in [5.74, 6) is 0.338. The van der Waals surface area contributed by atoms with Gasteiger partial charge in [0.15, 0.2) is 0 Å². The molecule has 0 atom stereocenters. The third-order valence-corrected chi connectivity index (χ3v) is 3.85. The van der Waals surface area contributed by atoms with E-state index < -0.39 is 0 Å². The monoisotopic (exact) mass is 336 g/mol. The molecule has 0 spiro atoms. The topological polar surface area (TPSA) is 69.9 Å². The quantitative estimate of drug-likeness (QED) is 0.511. The van der Waals surface area contributed by atoms with Crippen molar-refractivity contribution in [1.29, 1.82) is 0 Å². The lowest BCUT2D eigenvalue weighted by molar-refractivity contribution is 0.0500. The molecule has 0 radical (unpaired) electrons. The minimum atomic E-state index is -0.274. The van der Waals surface area contributed by atoms with Crippen LogP contribution in [0.4, 0.5) is 0 Å². The van der Waals surface area contributed by atoms with E-state index in [-0.39, 0.29) is 5.97 Å². The van der Waals surface area contributed by atoms with Crippen LogP contribution in [0.3, 0.4) is 0 Å². The first-order valence-electron chi connectivity index (χ1n) is 8.19. The van der Waals surface area contributed by atoms with Crippen LogP contribution in [0.25, 0.3) is 11.4 Å². The molecular weight excluding hydrogens is 316 g/mol. The van der Waals surface area contributed by atoms with Crippen molar-refractivity contribution in [2.24, 2.45) is 7.05 Å². The molecule has 0 unspecified atom stereocenters. The molecular formula is C19H20N4O2. The lowest BCUT2D eigenvalue weighted by atomic mass is 10.1. The molecule has 0 aliphatic carbocycles. The number of benzene rings is 2. The SMILES string of the molecule is Cc1ccc(C(=O)OCCCc2ccc(-c3nnn(C)n3)cc2)cc1. The first-order valence-corrected chi connectivity index (χ1v) is 8.19. The zero-order valence-corrected chi connectivity index (χ0v) is 14.3. The number of aryl methyl sites for hydroxylation is 3. The van der Waals surface area contributed by atoms with E-state index in [4.69, 9.17) is 4.74 Å². The molecule has 6 nitrogen and oxygen atoms in total. The van der Waals surface area contributed by atoms with E-state index >= 15 is 0 Å². The molecule has 25 heavy (non-hydrogen) atoms. The fraction of sp³-hybridized carbons (Fsp3) is 0.263. The van der Waals surface area contributed by atoms with E-state index in [1.807, 2.05) is 43.3 Å². The predicted octanol–water partition coefficient (Wildman–Crippen LogP) is 2.98. The Morgan fingerprint density at radius 1 is 1.08 bits per heavy atom. The maximum atomic E-state index is 11.9. The molecule has 128 valence electrons. The Morgan fingerprint density at radius 2 is 1.80 bits per heavy atom. The van der Waals surface area contributed by atoms with Gasteiger partial charge in [-0.25, -0.2) is 4.79 Å². The van der Waals surface area contributed by atoms with Gasteiger partial charge in [-0.05, 0) is 42.7 Å². The molecule has 0 aliphatic heterocycles. The van der Waals surface area contributed by atoms with E-state index in [2.05, 4.69) is 15.4 Å². The largest absolute Gasteiger partial charge is 0.462 e. The van der Waals surface area contributed by atoms with Gasteiger partial charge in [0.05, 0.1) is 19.2 Å². The fourth-order valence-corrected chi connectivity index (χ4v) is 2.43. The van der Waals surface area contributed by atoms with Gasteiger partial charge in [-0.3, -0.25) is 0 Å². The van der Waals surface area contributed by atoms with Gasteiger partial charge >= 0.3 is 5.97 Å². The Morgan fingerprint density at radius 3 is 2.44 bits per heavy atom. The summed E-state index contributed by atoms with van der Waals surface area (Å²) in [6.07, 6.45) is 1.62. The molecule has 0 amide bonds. The summed E-state index contributed by atoms with van der Waals surface area (Å²) in [5, 5.41) is 12.0. The number of aromatic nitrogens is 4. The number of rotatable bonds is 6. The van der Waals surface area contributed by atoms with Crippen LogP contribution in [0, 0.1) is 6.92 Å². The molecule has 1 aromatic heterocycles. The highest BCUT2D eigenvalue weighted by atomic mass is 16.5. The van der Waals surface area contributed by atoms with Crippen LogP contribution in [0.1, 0.15) is 27.9 Å². The zero-order valence-electron chi connectivity index (χ0n) is 14.3. The Balaban J connectivity index is 1.46. The van der Waals surface area contributed by atoms with Crippen molar-refractivity contribution in [3.63, 3.8) is 0 Å². The van der Waals surface area contributed by atoms with Crippen molar-refractivity contribution in [3.8, 4) is 11.4 Å². The van der Waals surface area contributed by atoms with Crippen LogP contribution in [0.2, 0.25) is 0 Å². The second kappa shape index (κ2) is 7.70. The Kier molecular flexibility index (Phi) is 5.18. The van der Waals surface area contributed by atoms with Crippen LogP contribution in [0.15, 0.2) is 48.5 Å². The Labute approximate surface area is 146 Å². The van der Waals surface area contributed by atoms with Crippen LogP contribution in [-0.2, 0) is 18.2 Å². The zero-order chi connectivity index (χ0) is 17.6. The smallest absolute Gasteiger partial charge is 0.338 e. The van der Waals surface area contributed by atoms with Gasteiger partial charge in [0.1, 0.15) is 0 Å². The van der Waals surface area contributed by atoms with Crippen molar-refractivity contribution in [3.05, 3.63) is 65.2 Å². The van der Waals surface area contributed by atoms with Crippen LogP contribution in [0.5, 0.6) is 0 Å². The standard InChI is InChI=1S/C19H20N4O2/c1-14-5-9-17(10-6-14)19(24)25-13-3-4-15-7-11-16(12-8-15)18-20-22-23(2)21-18/h5-12H,3-4,13H2,1-2H3. The van der Waals surface area contributed by atoms with Crippen molar-refractivity contribution in [2.75, 3.05) is 6.61 Å². The van der Waals surface area contributed by atoms with Crippen LogP contribution < -0.4 is 0 Å². The number of nitrogens with zero attached hydrogens (tertiary/aromatic N) is 4. The first-order chi connectivity index (χ1) is 12.1. The molecule has 2 aromatic carbocycles. The number of ether oxygens (including phenoxy) is 1. The highest BCUT2D eigenvalue weighted by Crippen LogP contribution is 2.15. The van der Waals surface area contributed by atoms with Crippen molar-refractivity contribution >= 4 is 5.97 Å². The normalized spacial score (nSPS) is 10.6. The number of hydrogen-bond donors (Lipinski definition) is 0. The maximum absolute atomic E-state index is 11.9. The molecule has 0 fully saturated rings. The summed E-state index contributed by atoms with van der Waals surface area (Å²) in [6, 6.07) is 15.4. The van der Waals surface area contributed by atoms with Crippen LogP contribution in [-0.4, -0.2) is 32.8 Å². The summed E-state index contributed by atoms with van der Waals surface area (Å²) in [5.41, 5.74) is 3.82. The summed E-state index contributed by atoms with van der Waals surface area (Å²) < 4.78 is 5.32.